The number of piperazine rings is 1. The molecule has 1 fully saturated rings. The summed E-state index contributed by atoms with van der Waals surface area (Å²) in [6.07, 6.45) is 2.24. The van der Waals surface area contributed by atoms with Crippen LogP contribution in [-0.2, 0) is 6.42 Å². The molecule has 3 aromatic rings. The van der Waals surface area contributed by atoms with Gasteiger partial charge in [0, 0.05) is 43.3 Å². The van der Waals surface area contributed by atoms with Gasteiger partial charge in [0.2, 0.25) is 5.56 Å². The van der Waals surface area contributed by atoms with Crippen molar-refractivity contribution >= 4 is 16.8 Å². The molecular formula is C23H25N3O2. The number of amides is 1. The van der Waals surface area contributed by atoms with Gasteiger partial charge in [-0.3, -0.25) is 14.5 Å². The second kappa shape index (κ2) is 8.40. The van der Waals surface area contributed by atoms with Gasteiger partial charge in [0.05, 0.1) is 0 Å². The van der Waals surface area contributed by atoms with Gasteiger partial charge < -0.3 is 9.88 Å². The molecule has 5 nitrogen and oxygen atoms in total. The number of hydrogen-bond donors (Lipinski definition) is 1. The zero-order valence-corrected chi connectivity index (χ0v) is 15.9. The van der Waals surface area contributed by atoms with Crippen molar-refractivity contribution in [1.82, 2.24) is 14.8 Å². The Morgan fingerprint density at radius 3 is 2.50 bits per heavy atom. The summed E-state index contributed by atoms with van der Waals surface area (Å²) in [6.45, 7) is 4.42. The van der Waals surface area contributed by atoms with Crippen molar-refractivity contribution in [3.05, 3.63) is 82.1 Å². The number of aromatic nitrogens is 1. The van der Waals surface area contributed by atoms with Gasteiger partial charge in [-0.25, -0.2) is 0 Å². The van der Waals surface area contributed by atoms with Crippen LogP contribution in [0.15, 0.2) is 65.5 Å². The maximum atomic E-state index is 12.9. The maximum absolute atomic E-state index is 12.9. The number of rotatable bonds is 5. The molecule has 0 aliphatic carbocycles. The molecule has 144 valence electrons. The number of H-pyrrole nitrogens is 1. The highest BCUT2D eigenvalue weighted by Crippen LogP contribution is 2.15. The number of nitrogens with zero attached hydrogens (tertiary/aromatic N) is 2. The van der Waals surface area contributed by atoms with Crippen LogP contribution in [0.3, 0.4) is 0 Å². The van der Waals surface area contributed by atoms with Crippen LogP contribution in [0.2, 0.25) is 0 Å². The van der Waals surface area contributed by atoms with E-state index in [0.29, 0.717) is 5.56 Å². The van der Waals surface area contributed by atoms with Crippen LogP contribution < -0.4 is 5.56 Å². The molecule has 2 heterocycles. The average molecular weight is 375 g/mol. The van der Waals surface area contributed by atoms with E-state index in [1.165, 1.54) is 11.6 Å². The monoisotopic (exact) mass is 375 g/mol. The van der Waals surface area contributed by atoms with Crippen LogP contribution in [0.25, 0.3) is 10.9 Å². The molecule has 0 saturated carbocycles. The topological polar surface area (TPSA) is 56.4 Å². The van der Waals surface area contributed by atoms with Gasteiger partial charge >= 0.3 is 0 Å². The lowest BCUT2D eigenvalue weighted by Crippen LogP contribution is -2.48. The molecule has 0 radical (unpaired) electrons. The first kappa shape index (κ1) is 18.4. The number of pyridine rings is 1. The van der Waals surface area contributed by atoms with E-state index < -0.39 is 0 Å². The van der Waals surface area contributed by atoms with Gasteiger partial charge in [0.1, 0.15) is 0 Å². The highest BCUT2D eigenvalue weighted by molar-refractivity contribution is 5.98. The molecule has 1 amide bonds. The fourth-order valence-corrected chi connectivity index (χ4v) is 3.80. The minimum Gasteiger partial charge on any atom is -0.336 e. The summed E-state index contributed by atoms with van der Waals surface area (Å²) in [6, 6.07) is 19.3. The Morgan fingerprint density at radius 1 is 0.929 bits per heavy atom. The molecule has 1 aliphatic rings. The van der Waals surface area contributed by atoms with Crippen molar-refractivity contribution in [3.8, 4) is 0 Å². The number of fused-ring (bicyclic) bond motifs is 1. The largest absolute Gasteiger partial charge is 0.336 e. The van der Waals surface area contributed by atoms with Crippen LogP contribution in [0, 0.1) is 0 Å². The predicted octanol–water partition coefficient (Wildman–Crippen LogP) is 2.92. The number of benzene rings is 2. The number of aryl methyl sites for hydroxylation is 1. The Kier molecular flexibility index (Phi) is 5.53. The SMILES string of the molecule is O=C(c1ccc2[nH]c(=O)ccc2c1)N1CCN(CCCc2ccccc2)CC1. The van der Waals surface area contributed by atoms with E-state index in [-0.39, 0.29) is 11.5 Å². The Labute approximate surface area is 164 Å². The summed E-state index contributed by atoms with van der Waals surface area (Å²) in [4.78, 5) is 31.4. The highest BCUT2D eigenvalue weighted by atomic mass is 16.2. The third kappa shape index (κ3) is 4.31. The molecule has 0 spiro atoms. The van der Waals surface area contributed by atoms with E-state index in [2.05, 4.69) is 40.2 Å². The number of carbonyl (C=O) groups is 1. The third-order valence-corrected chi connectivity index (χ3v) is 5.41. The minimum atomic E-state index is -0.130. The van der Waals surface area contributed by atoms with Gasteiger partial charge in [-0.15, -0.1) is 0 Å². The van der Waals surface area contributed by atoms with Crippen molar-refractivity contribution in [2.45, 2.75) is 12.8 Å². The van der Waals surface area contributed by atoms with Crippen molar-refractivity contribution in [2.24, 2.45) is 0 Å². The number of hydrogen-bond acceptors (Lipinski definition) is 3. The Balaban J connectivity index is 1.30. The molecule has 5 heteroatoms. The van der Waals surface area contributed by atoms with E-state index in [1.807, 2.05) is 17.0 Å². The summed E-state index contributed by atoms with van der Waals surface area (Å²) >= 11 is 0. The van der Waals surface area contributed by atoms with E-state index in [1.54, 1.807) is 12.1 Å². The van der Waals surface area contributed by atoms with Gasteiger partial charge in [0.15, 0.2) is 0 Å². The van der Waals surface area contributed by atoms with Crippen molar-refractivity contribution < 1.29 is 4.79 Å². The molecule has 0 unspecified atom stereocenters. The van der Waals surface area contributed by atoms with Gasteiger partial charge in [-0.2, -0.15) is 0 Å². The lowest BCUT2D eigenvalue weighted by Gasteiger charge is -2.34. The predicted molar refractivity (Wildman–Crippen MR) is 112 cm³/mol. The first-order chi connectivity index (χ1) is 13.7. The molecule has 0 atom stereocenters. The number of carbonyl (C=O) groups excluding carboxylic acids is 1. The van der Waals surface area contributed by atoms with Crippen LogP contribution in [0.4, 0.5) is 0 Å². The van der Waals surface area contributed by atoms with Gasteiger partial charge in [-0.05, 0) is 54.6 Å². The summed E-state index contributed by atoms with van der Waals surface area (Å²) in [5, 5.41) is 0.880. The molecule has 1 aliphatic heterocycles. The molecule has 1 aromatic heterocycles. The highest BCUT2D eigenvalue weighted by Gasteiger charge is 2.22. The summed E-state index contributed by atoms with van der Waals surface area (Å²) < 4.78 is 0. The standard InChI is InChI=1S/C23H25N3O2/c27-22-11-9-19-17-20(8-10-21(19)24-22)23(28)26-15-13-25(14-16-26)12-4-7-18-5-2-1-3-6-18/h1-3,5-6,8-11,17H,4,7,12-16H2,(H,24,27). The van der Waals surface area contributed by atoms with Crippen LogP contribution in [-0.4, -0.2) is 53.4 Å². The molecule has 28 heavy (non-hydrogen) atoms. The Morgan fingerprint density at radius 2 is 1.71 bits per heavy atom. The third-order valence-electron chi connectivity index (χ3n) is 5.41. The maximum Gasteiger partial charge on any atom is 0.253 e. The van der Waals surface area contributed by atoms with E-state index in [9.17, 15) is 9.59 Å². The fraction of sp³-hybridized carbons (Fsp3) is 0.304. The first-order valence-corrected chi connectivity index (χ1v) is 9.88. The molecule has 2 aromatic carbocycles. The molecular weight excluding hydrogens is 350 g/mol. The molecule has 0 bridgehead atoms. The lowest BCUT2D eigenvalue weighted by molar-refractivity contribution is 0.0636. The normalized spacial score (nSPS) is 15.1. The van der Waals surface area contributed by atoms with E-state index >= 15 is 0 Å². The molecule has 4 rings (SSSR count). The smallest absolute Gasteiger partial charge is 0.253 e. The average Bonchev–Trinajstić information content (AvgIpc) is 2.74. The van der Waals surface area contributed by atoms with Crippen LogP contribution in [0.1, 0.15) is 22.3 Å². The fourth-order valence-electron chi connectivity index (χ4n) is 3.80. The quantitative estimate of drug-likeness (QED) is 0.746. The summed E-state index contributed by atoms with van der Waals surface area (Å²) in [7, 11) is 0. The zero-order chi connectivity index (χ0) is 19.3. The lowest BCUT2D eigenvalue weighted by atomic mass is 10.1. The van der Waals surface area contributed by atoms with Crippen LogP contribution in [0.5, 0.6) is 0 Å². The Hall–Kier alpha value is -2.92. The van der Waals surface area contributed by atoms with Crippen molar-refractivity contribution in [1.29, 1.82) is 0 Å². The number of nitrogens with one attached hydrogen (secondary N) is 1. The first-order valence-electron chi connectivity index (χ1n) is 9.88. The minimum absolute atomic E-state index is 0.0667. The molecule has 1 N–H and O–H groups in total. The second-order valence-electron chi connectivity index (χ2n) is 7.35. The Bertz CT molecular complexity index is 1010. The van der Waals surface area contributed by atoms with Gasteiger partial charge in [0.25, 0.3) is 5.91 Å². The van der Waals surface area contributed by atoms with Crippen LogP contribution >= 0.6 is 0 Å². The van der Waals surface area contributed by atoms with E-state index in [4.69, 9.17) is 0 Å². The zero-order valence-electron chi connectivity index (χ0n) is 15.9. The second-order valence-corrected chi connectivity index (χ2v) is 7.35. The number of aromatic amines is 1. The summed E-state index contributed by atoms with van der Waals surface area (Å²) in [5.74, 6) is 0.0667. The van der Waals surface area contributed by atoms with Crippen molar-refractivity contribution in [3.63, 3.8) is 0 Å². The molecule has 1 saturated heterocycles. The van der Waals surface area contributed by atoms with Gasteiger partial charge in [-0.1, -0.05) is 30.3 Å². The summed E-state index contributed by atoms with van der Waals surface area (Å²) in [5.41, 5.74) is 2.69. The van der Waals surface area contributed by atoms with E-state index in [0.717, 1.165) is 56.5 Å². The van der Waals surface area contributed by atoms with Crippen molar-refractivity contribution in [2.75, 3.05) is 32.7 Å².